The first kappa shape index (κ1) is 16.4. The minimum atomic E-state index is -3.10. The maximum Gasteiger partial charge on any atom is 0.251 e. The Labute approximate surface area is 133 Å². The third kappa shape index (κ3) is 3.62. The van der Waals surface area contributed by atoms with E-state index in [1.54, 1.807) is 6.92 Å². The topological polar surface area (TPSA) is 72.5 Å². The van der Waals surface area contributed by atoms with Gasteiger partial charge >= 0.3 is 0 Å². The third-order valence-electron chi connectivity index (χ3n) is 3.38. The van der Waals surface area contributed by atoms with Gasteiger partial charge < -0.3 is 10.1 Å². The predicted molar refractivity (Wildman–Crippen MR) is 82.2 cm³/mol. The van der Waals surface area contributed by atoms with Gasteiger partial charge in [-0.25, -0.2) is 8.42 Å². The minimum absolute atomic E-state index is 0.0661. The molecule has 1 atom stereocenters. The van der Waals surface area contributed by atoms with Crippen molar-refractivity contribution in [2.75, 3.05) is 18.6 Å². The molecule has 0 bridgehead atoms. The van der Waals surface area contributed by atoms with Crippen LogP contribution in [0.15, 0.2) is 12.1 Å². The van der Waals surface area contributed by atoms with Gasteiger partial charge in [0.1, 0.15) is 0 Å². The van der Waals surface area contributed by atoms with E-state index in [9.17, 15) is 13.2 Å². The highest BCUT2D eigenvalue weighted by molar-refractivity contribution is 7.91. The minimum Gasteiger partial charge on any atom is -0.494 e. The van der Waals surface area contributed by atoms with Crippen LogP contribution in [0, 0.1) is 0 Å². The van der Waals surface area contributed by atoms with E-state index >= 15 is 0 Å². The van der Waals surface area contributed by atoms with Crippen LogP contribution in [0.5, 0.6) is 5.75 Å². The molecule has 1 N–H and O–H groups in total. The number of hydrogen-bond donors (Lipinski definition) is 1. The van der Waals surface area contributed by atoms with Crippen LogP contribution in [0.2, 0.25) is 10.0 Å². The van der Waals surface area contributed by atoms with Crippen LogP contribution >= 0.6 is 23.2 Å². The summed E-state index contributed by atoms with van der Waals surface area (Å²) in [6.07, 6.45) is 0.388. The Hall–Kier alpha value is -0.980. The molecule has 8 heteroatoms. The van der Waals surface area contributed by atoms with E-state index in [2.05, 4.69) is 5.32 Å². The largest absolute Gasteiger partial charge is 0.494 e. The molecule has 1 aliphatic heterocycles. The van der Waals surface area contributed by atoms with Gasteiger partial charge in [0.25, 0.3) is 5.91 Å². The van der Waals surface area contributed by atoms with Crippen LogP contribution in [-0.4, -0.2) is 38.5 Å². The Morgan fingerprint density at radius 2 is 1.90 bits per heavy atom. The number of rotatable bonds is 3. The highest BCUT2D eigenvalue weighted by atomic mass is 35.5. The molecule has 0 aromatic heterocycles. The van der Waals surface area contributed by atoms with Gasteiger partial charge in [-0.05, 0) is 25.5 Å². The van der Waals surface area contributed by atoms with Gasteiger partial charge in [-0.1, -0.05) is 23.2 Å². The molecule has 0 spiro atoms. The van der Waals surface area contributed by atoms with Crippen molar-refractivity contribution in [1.29, 1.82) is 0 Å². The summed E-state index contributed by atoms with van der Waals surface area (Å²) in [4.78, 5) is 12.3. The number of benzene rings is 1. The van der Waals surface area contributed by atoms with Gasteiger partial charge in [0.2, 0.25) is 0 Å². The zero-order valence-electron chi connectivity index (χ0n) is 11.6. The van der Waals surface area contributed by atoms with Crippen LogP contribution in [0.4, 0.5) is 0 Å². The normalized spacial score (nSPS) is 23.8. The molecule has 5 nitrogen and oxygen atoms in total. The number of carbonyl (C=O) groups excluding carboxylic acids is 1. The molecule has 1 fully saturated rings. The van der Waals surface area contributed by atoms with E-state index in [-0.39, 0.29) is 27.1 Å². The summed E-state index contributed by atoms with van der Waals surface area (Å²) < 4.78 is 28.1. The monoisotopic (exact) mass is 351 g/mol. The van der Waals surface area contributed by atoms with Crippen molar-refractivity contribution in [2.24, 2.45) is 0 Å². The molecule has 0 unspecified atom stereocenters. The fourth-order valence-corrected chi connectivity index (χ4v) is 5.08. The second kappa shape index (κ2) is 5.66. The number of halogens is 2. The van der Waals surface area contributed by atoms with Crippen molar-refractivity contribution in [1.82, 2.24) is 5.32 Å². The van der Waals surface area contributed by atoms with Crippen LogP contribution in [0.1, 0.15) is 23.7 Å². The summed E-state index contributed by atoms with van der Waals surface area (Å²) in [7, 11) is -1.67. The molecule has 1 aromatic carbocycles. The number of carbonyl (C=O) groups is 1. The number of hydrogen-bond acceptors (Lipinski definition) is 4. The molecule has 0 aliphatic carbocycles. The summed E-state index contributed by atoms with van der Waals surface area (Å²) in [6.45, 7) is 1.71. The zero-order valence-corrected chi connectivity index (χ0v) is 13.9. The molecule has 0 radical (unpaired) electrons. The highest BCUT2D eigenvalue weighted by Crippen LogP contribution is 2.34. The lowest BCUT2D eigenvalue weighted by Gasteiger charge is -2.24. The Kier molecular flexibility index (Phi) is 4.42. The molecular formula is C13H15Cl2NO4S. The third-order valence-corrected chi connectivity index (χ3v) is 5.85. The molecule has 1 saturated heterocycles. The van der Waals surface area contributed by atoms with Gasteiger partial charge in [0.05, 0.1) is 34.2 Å². The van der Waals surface area contributed by atoms with E-state index in [0.29, 0.717) is 12.2 Å². The fraction of sp³-hybridized carbons (Fsp3) is 0.462. The number of methoxy groups -OCH3 is 1. The van der Waals surface area contributed by atoms with Crippen molar-refractivity contribution < 1.29 is 17.9 Å². The van der Waals surface area contributed by atoms with Gasteiger partial charge in [-0.2, -0.15) is 0 Å². The molecule has 21 heavy (non-hydrogen) atoms. The number of nitrogens with one attached hydrogen (secondary N) is 1. The van der Waals surface area contributed by atoms with Crippen molar-refractivity contribution in [3.05, 3.63) is 27.7 Å². The van der Waals surface area contributed by atoms with E-state index in [0.717, 1.165) is 0 Å². The van der Waals surface area contributed by atoms with Crippen molar-refractivity contribution in [3.8, 4) is 5.75 Å². The van der Waals surface area contributed by atoms with E-state index < -0.39 is 21.3 Å². The van der Waals surface area contributed by atoms with Gasteiger partial charge in [-0.3, -0.25) is 4.79 Å². The van der Waals surface area contributed by atoms with Crippen molar-refractivity contribution in [3.63, 3.8) is 0 Å². The number of amides is 1. The molecule has 2 rings (SSSR count). The average molecular weight is 352 g/mol. The van der Waals surface area contributed by atoms with Gasteiger partial charge in [0, 0.05) is 5.56 Å². The standard InChI is InChI=1S/C13H15Cl2NO4S/c1-13(3-4-21(18,19)7-13)16-12(17)8-5-9(14)11(20-2)10(15)6-8/h5-6H,3-4,7H2,1-2H3,(H,16,17)/t13-/m0/s1. The lowest BCUT2D eigenvalue weighted by atomic mass is 10.0. The van der Waals surface area contributed by atoms with Crippen LogP contribution in [0.25, 0.3) is 0 Å². The first-order chi connectivity index (χ1) is 9.66. The van der Waals surface area contributed by atoms with Crippen LogP contribution in [-0.2, 0) is 9.84 Å². The van der Waals surface area contributed by atoms with Gasteiger partial charge in [0.15, 0.2) is 15.6 Å². The quantitative estimate of drug-likeness (QED) is 0.906. The lowest BCUT2D eigenvalue weighted by molar-refractivity contribution is 0.0915. The molecule has 0 saturated carbocycles. The van der Waals surface area contributed by atoms with Crippen LogP contribution < -0.4 is 10.1 Å². The molecule has 1 aromatic rings. The van der Waals surface area contributed by atoms with E-state index in [1.165, 1.54) is 19.2 Å². The summed E-state index contributed by atoms with van der Waals surface area (Å²) in [5, 5.41) is 3.19. The predicted octanol–water partition coefficient (Wildman–Crippen LogP) is 2.31. The Balaban J connectivity index is 2.22. The highest BCUT2D eigenvalue weighted by Gasteiger charge is 2.39. The second-order valence-corrected chi connectivity index (χ2v) is 8.33. The van der Waals surface area contributed by atoms with Crippen LogP contribution in [0.3, 0.4) is 0 Å². The molecular weight excluding hydrogens is 337 g/mol. The molecule has 1 aliphatic rings. The van der Waals surface area contributed by atoms with E-state index in [4.69, 9.17) is 27.9 Å². The Bertz CT molecular complexity index is 666. The summed E-state index contributed by atoms with van der Waals surface area (Å²) in [5.74, 6) is -0.109. The Morgan fingerprint density at radius 3 is 2.33 bits per heavy atom. The summed E-state index contributed by atoms with van der Waals surface area (Å²) in [6, 6.07) is 2.88. The SMILES string of the molecule is COc1c(Cl)cc(C(=O)N[C@@]2(C)CCS(=O)(=O)C2)cc1Cl. The zero-order chi connectivity index (χ0) is 15.8. The first-order valence-corrected chi connectivity index (χ1v) is 8.79. The summed E-state index contributed by atoms with van der Waals surface area (Å²) >= 11 is 12.0. The molecule has 1 heterocycles. The first-order valence-electron chi connectivity index (χ1n) is 6.22. The maximum absolute atomic E-state index is 12.3. The number of sulfone groups is 1. The van der Waals surface area contributed by atoms with E-state index in [1.807, 2.05) is 0 Å². The Morgan fingerprint density at radius 1 is 1.33 bits per heavy atom. The number of ether oxygens (including phenoxy) is 1. The van der Waals surface area contributed by atoms with Gasteiger partial charge in [-0.15, -0.1) is 0 Å². The second-order valence-electron chi connectivity index (χ2n) is 5.33. The molecule has 116 valence electrons. The summed E-state index contributed by atoms with van der Waals surface area (Å²) in [5.41, 5.74) is -0.509. The molecule has 1 amide bonds. The van der Waals surface area contributed by atoms with Crippen molar-refractivity contribution in [2.45, 2.75) is 18.9 Å². The fourth-order valence-electron chi connectivity index (χ4n) is 2.34. The smallest absolute Gasteiger partial charge is 0.251 e. The van der Waals surface area contributed by atoms with Crippen molar-refractivity contribution >= 4 is 38.9 Å². The maximum atomic E-state index is 12.3. The average Bonchev–Trinajstić information content (AvgIpc) is 2.62. The lowest BCUT2D eigenvalue weighted by Crippen LogP contribution is -2.46.